The van der Waals surface area contributed by atoms with Crippen LogP contribution in [0.4, 0.5) is 0 Å². The van der Waals surface area contributed by atoms with Gasteiger partial charge in [-0.15, -0.1) is 24.0 Å². The third-order valence-electron chi connectivity index (χ3n) is 3.91. The summed E-state index contributed by atoms with van der Waals surface area (Å²) in [5, 5.41) is 7.47. The van der Waals surface area contributed by atoms with Crippen molar-refractivity contribution >= 4 is 41.5 Å². The average molecular weight is 467 g/mol. The van der Waals surface area contributed by atoms with E-state index in [1.165, 1.54) is 0 Å². The molecule has 0 aromatic heterocycles. The van der Waals surface area contributed by atoms with Crippen LogP contribution in [0.2, 0.25) is 5.02 Å². The summed E-state index contributed by atoms with van der Waals surface area (Å²) in [4.78, 5) is 7.08. The van der Waals surface area contributed by atoms with Gasteiger partial charge in [-0.1, -0.05) is 23.7 Å². The molecule has 5 nitrogen and oxygen atoms in total. The number of guanidine groups is 1. The van der Waals surface area contributed by atoms with Crippen LogP contribution in [0.1, 0.15) is 19.4 Å². The van der Waals surface area contributed by atoms with E-state index in [1.807, 2.05) is 24.3 Å². The molecule has 0 bridgehead atoms. The fourth-order valence-electron chi connectivity index (χ4n) is 2.49. The fraction of sp³-hybridized carbons (Fsp3) is 0.588. The minimum absolute atomic E-state index is 0. The van der Waals surface area contributed by atoms with Gasteiger partial charge >= 0.3 is 0 Å². The van der Waals surface area contributed by atoms with Crippen LogP contribution in [-0.4, -0.2) is 56.3 Å². The van der Waals surface area contributed by atoms with Crippen molar-refractivity contribution in [1.29, 1.82) is 0 Å². The maximum Gasteiger partial charge on any atom is 0.191 e. The second-order valence-electron chi connectivity index (χ2n) is 5.70. The molecular weight excluding hydrogens is 439 g/mol. The maximum atomic E-state index is 5.91. The van der Waals surface area contributed by atoms with Crippen molar-refractivity contribution in [2.75, 3.05) is 39.4 Å². The van der Waals surface area contributed by atoms with E-state index >= 15 is 0 Å². The quantitative estimate of drug-likeness (QED) is 0.385. The van der Waals surface area contributed by atoms with Crippen LogP contribution in [0.3, 0.4) is 0 Å². The Kier molecular flexibility index (Phi) is 10.6. The molecule has 24 heavy (non-hydrogen) atoms. The van der Waals surface area contributed by atoms with E-state index in [0.29, 0.717) is 12.6 Å². The molecule has 1 aromatic carbocycles. The van der Waals surface area contributed by atoms with E-state index in [9.17, 15) is 0 Å². The van der Waals surface area contributed by atoms with E-state index in [2.05, 4.69) is 34.4 Å². The monoisotopic (exact) mass is 466 g/mol. The summed E-state index contributed by atoms with van der Waals surface area (Å²) < 4.78 is 5.40. The summed E-state index contributed by atoms with van der Waals surface area (Å²) in [6, 6.07) is 8.26. The molecule has 1 unspecified atom stereocenters. The smallest absolute Gasteiger partial charge is 0.191 e. The Morgan fingerprint density at radius 3 is 2.54 bits per heavy atom. The predicted octanol–water partition coefficient (Wildman–Crippen LogP) is 2.73. The molecule has 1 aliphatic rings. The predicted molar refractivity (Wildman–Crippen MR) is 112 cm³/mol. The maximum absolute atomic E-state index is 5.91. The lowest BCUT2D eigenvalue weighted by Crippen LogP contribution is -2.49. The van der Waals surface area contributed by atoms with Crippen LogP contribution in [0.5, 0.6) is 0 Å². The average Bonchev–Trinajstić information content (AvgIpc) is 2.59. The standard InChI is InChI=1S/C17H27ClN4O.HI/c1-3-19-17(21-13-15-4-6-16(18)7-5-15)20-12-14(2)22-8-10-23-11-9-22;/h4-7,14H,3,8-13H2,1-2H3,(H2,19,20,21);1H. The molecular formula is C17H28ClIN4O. The minimum atomic E-state index is 0. The first-order valence-electron chi connectivity index (χ1n) is 8.27. The molecule has 0 amide bonds. The Hall–Kier alpha value is -0.570. The van der Waals surface area contributed by atoms with E-state index in [-0.39, 0.29) is 24.0 Å². The molecule has 136 valence electrons. The van der Waals surface area contributed by atoms with Gasteiger partial charge in [0, 0.05) is 37.2 Å². The number of aliphatic imine (C=N–C) groups is 1. The first-order valence-corrected chi connectivity index (χ1v) is 8.65. The molecule has 1 fully saturated rings. The zero-order valence-electron chi connectivity index (χ0n) is 14.4. The van der Waals surface area contributed by atoms with Gasteiger partial charge in [-0.3, -0.25) is 4.90 Å². The first-order chi connectivity index (χ1) is 11.2. The molecule has 1 heterocycles. The second kappa shape index (κ2) is 11.9. The van der Waals surface area contributed by atoms with Gasteiger partial charge in [0.1, 0.15) is 0 Å². The van der Waals surface area contributed by atoms with Crippen LogP contribution in [0, 0.1) is 0 Å². The molecule has 0 saturated carbocycles. The Balaban J connectivity index is 0.00000288. The van der Waals surface area contributed by atoms with Crippen LogP contribution in [0.15, 0.2) is 29.3 Å². The van der Waals surface area contributed by atoms with Crippen LogP contribution < -0.4 is 10.6 Å². The fourth-order valence-corrected chi connectivity index (χ4v) is 2.62. The highest BCUT2D eigenvalue weighted by Gasteiger charge is 2.16. The summed E-state index contributed by atoms with van der Waals surface area (Å²) in [6.07, 6.45) is 0. The highest BCUT2D eigenvalue weighted by atomic mass is 127. The summed E-state index contributed by atoms with van der Waals surface area (Å²) in [5.74, 6) is 0.850. The molecule has 2 N–H and O–H groups in total. The van der Waals surface area contributed by atoms with Crippen molar-refractivity contribution in [3.8, 4) is 0 Å². The Labute approximate surface area is 167 Å². The van der Waals surface area contributed by atoms with Crippen molar-refractivity contribution < 1.29 is 4.74 Å². The number of rotatable bonds is 6. The molecule has 2 rings (SSSR count). The second-order valence-corrected chi connectivity index (χ2v) is 6.14. The molecule has 1 aliphatic heterocycles. The number of hydrogen-bond donors (Lipinski definition) is 2. The van der Waals surface area contributed by atoms with Crippen LogP contribution in [0.25, 0.3) is 0 Å². The van der Waals surface area contributed by atoms with Gasteiger partial charge in [0.15, 0.2) is 5.96 Å². The van der Waals surface area contributed by atoms with Crippen LogP contribution >= 0.6 is 35.6 Å². The summed E-state index contributed by atoms with van der Waals surface area (Å²) in [7, 11) is 0. The van der Waals surface area contributed by atoms with E-state index < -0.39 is 0 Å². The third-order valence-corrected chi connectivity index (χ3v) is 4.16. The third kappa shape index (κ3) is 7.55. The number of benzene rings is 1. The van der Waals surface area contributed by atoms with Gasteiger partial charge in [-0.05, 0) is 31.5 Å². The van der Waals surface area contributed by atoms with E-state index in [4.69, 9.17) is 16.3 Å². The minimum Gasteiger partial charge on any atom is -0.379 e. The van der Waals surface area contributed by atoms with Gasteiger partial charge in [0.25, 0.3) is 0 Å². The molecule has 0 radical (unpaired) electrons. The number of hydrogen-bond acceptors (Lipinski definition) is 3. The number of nitrogens with zero attached hydrogens (tertiary/aromatic N) is 2. The van der Waals surface area contributed by atoms with Crippen molar-refractivity contribution in [1.82, 2.24) is 15.5 Å². The lowest BCUT2D eigenvalue weighted by molar-refractivity contribution is 0.0211. The number of morpholine rings is 1. The largest absolute Gasteiger partial charge is 0.379 e. The van der Waals surface area contributed by atoms with Gasteiger partial charge in [0.05, 0.1) is 19.8 Å². The van der Waals surface area contributed by atoms with Gasteiger partial charge in [0.2, 0.25) is 0 Å². The van der Waals surface area contributed by atoms with Crippen LogP contribution in [-0.2, 0) is 11.3 Å². The van der Waals surface area contributed by atoms with Gasteiger partial charge in [-0.25, -0.2) is 4.99 Å². The van der Waals surface area contributed by atoms with Crippen molar-refractivity contribution in [2.45, 2.75) is 26.4 Å². The Bertz CT molecular complexity index is 492. The summed E-state index contributed by atoms with van der Waals surface area (Å²) >= 11 is 5.91. The Morgan fingerprint density at radius 1 is 1.25 bits per heavy atom. The highest BCUT2D eigenvalue weighted by Crippen LogP contribution is 2.10. The van der Waals surface area contributed by atoms with Crippen molar-refractivity contribution in [3.05, 3.63) is 34.9 Å². The SMILES string of the molecule is CCNC(=NCc1ccc(Cl)cc1)NCC(C)N1CCOCC1.I. The van der Waals surface area contributed by atoms with Crippen molar-refractivity contribution in [3.63, 3.8) is 0 Å². The molecule has 1 aromatic rings. The Morgan fingerprint density at radius 2 is 1.92 bits per heavy atom. The van der Waals surface area contributed by atoms with E-state index in [0.717, 1.165) is 55.9 Å². The number of ether oxygens (including phenoxy) is 1. The number of halogens is 2. The summed E-state index contributed by atoms with van der Waals surface area (Å²) in [6.45, 7) is 10.3. The molecule has 0 aliphatic carbocycles. The molecule has 7 heteroatoms. The first kappa shape index (κ1) is 21.5. The van der Waals surface area contributed by atoms with E-state index in [1.54, 1.807) is 0 Å². The van der Waals surface area contributed by atoms with Gasteiger partial charge in [-0.2, -0.15) is 0 Å². The molecule has 1 saturated heterocycles. The van der Waals surface area contributed by atoms with Gasteiger partial charge < -0.3 is 15.4 Å². The number of nitrogens with one attached hydrogen (secondary N) is 2. The topological polar surface area (TPSA) is 48.9 Å². The molecule has 1 atom stereocenters. The lowest BCUT2D eigenvalue weighted by Gasteiger charge is -2.32. The zero-order chi connectivity index (χ0) is 16.5. The lowest BCUT2D eigenvalue weighted by atomic mass is 10.2. The summed E-state index contributed by atoms with van der Waals surface area (Å²) in [5.41, 5.74) is 1.15. The highest BCUT2D eigenvalue weighted by molar-refractivity contribution is 14.0. The molecule has 0 spiro atoms. The zero-order valence-corrected chi connectivity index (χ0v) is 17.5. The van der Waals surface area contributed by atoms with Crippen molar-refractivity contribution in [2.24, 2.45) is 4.99 Å². The normalized spacial score (nSPS) is 17.0.